The van der Waals surface area contributed by atoms with E-state index in [0.717, 1.165) is 67.2 Å². The molecule has 2 unspecified atom stereocenters. The van der Waals surface area contributed by atoms with Crippen molar-refractivity contribution in [1.82, 2.24) is 15.6 Å². The van der Waals surface area contributed by atoms with Crippen LogP contribution < -0.4 is 10.6 Å². The van der Waals surface area contributed by atoms with Gasteiger partial charge in [-0.05, 0) is 56.6 Å². The molecule has 2 N–H and O–H groups in total. The minimum atomic E-state index is -0.129. The predicted molar refractivity (Wildman–Crippen MR) is 282 cm³/mol. The van der Waals surface area contributed by atoms with Crippen molar-refractivity contribution in [2.24, 2.45) is 0 Å². The van der Waals surface area contributed by atoms with Crippen molar-refractivity contribution < 1.29 is 0 Å². The van der Waals surface area contributed by atoms with Gasteiger partial charge in [-0.1, -0.05) is 237 Å². The Balaban J connectivity index is 0.975. The number of thiophene rings is 1. The zero-order chi connectivity index (χ0) is 44.5. The Morgan fingerprint density at radius 3 is 1.43 bits per heavy atom. The Labute approximate surface area is 395 Å². The Morgan fingerprint density at radius 2 is 0.836 bits per heavy atom. The number of pyridine rings is 1. The van der Waals surface area contributed by atoms with Gasteiger partial charge in [0, 0.05) is 53.7 Å². The lowest BCUT2D eigenvalue weighted by atomic mass is 9.83. The molecule has 0 saturated heterocycles. The number of hydrogen-bond donors (Lipinski definition) is 2. The summed E-state index contributed by atoms with van der Waals surface area (Å²) in [6.07, 6.45) is 2.20. The van der Waals surface area contributed by atoms with Crippen LogP contribution in [0.1, 0.15) is 28.9 Å². The lowest BCUT2D eigenvalue weighted by molar-refractivity contribution is 0.443. The Hall–Kier alpha value is -8.15. The average molecular weight is 876 g/mol. The first-order valence-corrected chi connectivity index (χ1v) is 23.8. The second-order valence-corrected chi connectivity index (χ2v) is 18.1. The van der Waals surface area contributed by atoms with Crippen LogP contribution in [-0.4, -0.2) is 4.98 Å². The first kappa shape index (κ1) is 40.4. The monoisotopic (exact) mass is 875 g/mol. The number of nitrogens with zero attached hydrogens (tertiary/aromatic N) is 1. The Morgan fingerprint density at radius 1 is 0.358 bits per heavy atom. The molecule has 0 aliphatic carbocycles. The summed E-state index contributed by atoms with van der Waals surface area (Å²) in [5, 5.41) is 10.5. The normalized spacial score (nSPS) is 14.7. The molecule has 2 aromatic heterocycles. The van der Waals surface area contributed by atoms with E-state index in [1.165, 1.54) is 42.4 Å². The maximum Gasteiger partial charge on any atom is 0.104 e. The van der Waals surface area contributed by atoms with Crippen molar-refractivity contribution in [2.45, 2.75) is 12.2 Å². The third-order valence-corrected chi connectivity index (χ3v) is 14.2. The van der Waals surface area contributed by atoms with E-state index >= 15 is 0 Å². The number of fused-ring (bicyclic) bond motifs is 3. The van der Waals surface area contributed by atoms with Crippen LogP contribution in [0.25, 0.3) is 92.9 Å². The molecule has 12 rings (SSSR count). The molecule has 0 amide bonds. The Bertz CT molecular complexity index is 3430. The van der Waals surface area contributed by atoms with Crippen LogP contribution in [0, 0.1) is 0 Å². The third-order valence-electron chi connectivity index (χ3n) is 13.0. The molecule has 0 fully saturated rings. The molecular formula is C63H45N3S. The van der Waals surface area contributed by atoms with Crippen LogP contribution in [0.2, 0.25) is 0 Å². The minimum absolute atomic E-state index is 0.00877. The maximum absolute atomic E-state index is 5.64. The van der Waals surface area contributed by atoms with E-state index in [1.54, 1.807) is 0 Å². The van der Waals surface area contributed by atoms with Gasteiger partial charge in [0.2, 0.25) is 0 Å². The van der Waals surface area contributed by atoms with Gasteiger partial charge in [-0.25, -0.2) is 4.98 Å². The van der Waals surface area contributed by atoms with Gasteiger partial charge in [-0.2, -0.15) is 0 Å². The highest BCUT2D eigenvalue weighted by Crippen LogP contribution is 2.49. The summed E-state index contributed by atoms with van der Waals surface area (Å²) in [6, 6.07) is 87.1. The zero-order valence-corrected chi connectivity index (χ0v) is 37.5. The molecule has 11 aromatic rings. The number of aromatic nitrogens is 1. The first-order valence-electron chi connectivity index (χ1n) is 22.9. The van der Waals surface area contributed by atoms with Gasteiger partial charge in [-0.3, -0.25) is 5.32 Å². The second kappa shape index (κ2) is 17.7. The van der Waals surface area contributed by atoms with Gasteiger partial charge in [0.05, 0.1) is 17.4 Å². The van der Waals surface area contributed by atoms with Crippen molar-refractivity contribution in [3.63, 3.8) is 0 Å². The standard InChI is InChI=1S/C63H45N3S/c1-6-19-43(20-7-1)54-41-55(65-63(64-54)50-39-33-42(34-40-50)51-30-18-31-53-52-29-16-17-32-56(52)67-62(51)53)44-35-37-47(38-36-44)57-58(45-21-8-2-9-22-45)60(48-25-12-4-13-26-48)66-61(49-27-14-5-15-28-49)59(57)46-23-10-3-11-24-46/h1-41,54,63-65H. The van der Waals surface area contributed by atoms with Gasteiger partial charge in [0.25, 0.3) is 0 Å². The van der Waals surface area contributed by atoms with E-state index in [9.17, 15) is 0 Å². The molecule has 3 nitrogen and oxygen atoms in total. The molecule has 2 atom stereocenters. The largest absolute Gasteiger partial charge is 0.366 e. The predicted octanol–water partition coefficient (Wildman–Crippen LogP) is 16.4. The molecule has 1 aliphatic rings. The van der Waals surface area contributed by atoms with E-state index < -0.39 is 0 Å². The smallest absolute Gasteiger partial charge is 0.104 e. The van der Waals surface area contributed by atoms with Crippen LogP contribution in [-0.2, 0) is 0 Å². The van der Waals surface area contributed by atoms with Gasteiger partial charge in [-0.15, -0.1) is 11.3 Å². The summed E-state index contributed by atoms with van der Waals surface area (Å²) in [5.74, 6) is 0. The van der Waals surface area contributed by atoms with E-state index in [-0.39, 0.29) is 12.2 Å². The second-order valence-electron chi connectivity index (χ2n) is 17.1. The summed E-state index contributed by atoms with van der Waals surface area (Å²) in [4.78, 5) is 5.64. The molecule has 1 aliphatic heterocycles. The highest BCUT2D eigenvalue weighted by molar-refractivity contribution is 7.26. The molecular weight excluding hydrogens is 831 g/mol. The van der Waals surface area contributed by atoms with Gasteiger partial charge in [0.1, 0.15) is 6.17 Å². The van der Waals surface area contributed by atoms with Crippen LogP contribution >= 0.6 is 11.3 Å². The average Bonchev–Trinajstić information content (AvgIpc) is 3.81. The number of benzene rings is 9. The summed E-state index contributed by atoms with van der Waals surface area (Å²) in [5.41, 5.74) is 17.8. The van der Waals surface area contributed by atoms with Crippen molar-refractivity contribution >= 4 is 37.2 Å². The topological polar surface area (TPSA) is 37.0 Å². The first-order chi connectivity index (χ1) is 33.2. The third kappa shape index (κ3) is 7.72. The van der Waals surface area contributed by atoms with E-state index in [0.29, 0.717) is 0 Å². The van der Waals surface area contributed by atoms with Gasteiger partial charge in [0.15, 0.2) is 0 Å². The van der Waals surface area contributed by atoms with Crippen LogP contribution in [0.15, 0.2) is 249 Å². The lowest BCUT2D eigenvalue weighted by Crippen LogP contribution is -2.39. The van der Waals surface area contributed by atoms with E-state index in [1.807, 2.05) is 11.3 Å². The van der Waals surface area contributed by atoms with E-state index in [4.69, 9.17) is 4.98 Å². The van der Waals surface area contributed by atoms with E-state index in [2.05, 4.69) is 259 Å². The van der Waals surface area contributed by atoms with Gasteiger partial charge < -0.3 is 5.32 Å². The SMILES string of the molecule is C1=C(c2ccc(-c3c(-c4ccccc4)c(-c4ccccc4)nc(-c4ccccc4)c3-c3ccccc3)cc2)NC(c2ccc(-c3cccc4c3sc3ccccc34)cc2)NC1c1ccccc1. The fraction of sp³-hybridized carbons (Fsp3) is 0.0317. The summed E-state index contributed by atoms with van der Waals surface area (Å²) in [6.45, 7) is 0. The maximum atomic E-state index is 5.64. The lowest BCUT2D eigenvalue weighted by Gasteiger charge is -2.33. The fourth-order valence-electron chi connectivity index (χ4n) is 9.75. The fourth-order valence-corrected chi connectivity index (χ4v) is 11.0. The summed E-state index contributed by atoms with van der Waals surface area (Å²) >= 11 is 1.87. The quantitative estimate of drug-likeness (QED) is 0.152. The highest BCUT2D eigenvalue weighted by Gasteiger charge is 2.27. The molecule has 0 radical (unpaired) electrons. The van der Waals surface area contributed by atoms with Crippen molar-refractivity contribution in [1.29, 1.82) is 0 Å². The number of hydrogen-bond acceptors (Lipinski definition) is 4. The number of nitrogens with one attached hydrogen (secondary N) is 2. The molecule has 0 saturated carbocycles. The molecule has 4 heteroatoms. The van der Waals surface area contributed by atoms with Crippen LogP contribution in [0.5, 0.6) is 0 Å². The minimum Gasteiger partial charge on any atom is -0.366 e. The molecule has 9 aromatic carbocycles. The summed E-state index contributed by atoms with van der Waals surface area (Å²) in [7, 11) is 0. The van der Waals surface area contributed by atoms with Crippen molar-refractivity contribution in [3.05, 3.63) is 265 Å². The molecule has 3 heterocycles. The van der Waals surface area contributed by atoms with Crippen molar-refractivity contribution in [3.8, 4) is 67.0 Å². The molecule has 67 heavy (non-hydrogen) atoms. The van der Waals surface area contributed by atoms with Crippen LogP contribution in [0.3, 0.4) is 0 Å². The number of rotatable bonds is 9. The molecule has 0 bridgehead atoms. The van der Waals surface area contributed by atoms with Crippen molar-refractivity contribution in [2.75, 3.05) is 0 Å². The summed E-state index contributed by atoms with van der Waals surface area (Å²) < 4.78 is 2.65. The molecule has 0 spiro atoms. The molecule has 318 valence electrons. The highest BCUT2D eigenvalue weighted by atomic mass is 32.1. The van der Waals surface area contributed by atoms with Gasteiger partial charge >= 0.3 is 0 Å². The Kier molecular flexibility index (Phi) is 10.6. The van der Waals surface area contributed by atoms with Crippen LogP contribution in [0.4, 0.5) is 0 Å². The zero-order valence-electron chi connectivity index (χ0n) is 36.7.